The molecule has 106 valence electrons. The molecular weight excluding hydrogens is 316 g/mol. The number of nitrogens with one attached hydrogen (secondary N) is 1. The summed E-state index contributed by atoms with van der Waals surface area (Å²) in [5, 5.41) is 3.40. The van der Waals surface area contributed by atoms with Gasteiger partial charge in [0.1, 0.15) is 5.75 Å². The summed E-state index contributed by atoms with van der Waals surface area (Å²) < 4.78 is 30.1. The number of benzene rings is 1. The van der Waals surface area contributed by atoms with E-state index in [9.17, 15) is 8.78 Å². The molecule has 0 aliphatic heterocycles. The van der Waals surface area contributed by atoms with Gasteiger partial charge in [0.15, 0.2) is 0 Å². The summed E-state index contributed by atoms with van der Waals surface area (Å²) in [7, 11) is 0. The van der Waals surface area contributed by atoms with Crippen LogP contribution in [0.15, 0.2) is 22.7 Å². The fraction of sp³-hybridized carbons (Fsp3) is 0.571. The first-order valence-corrected chi connectivity index (χ1v) is 7.32. The van der Waals surface area contributed by atoms with Crippen LogP contribution < -0.4 is 10.1 Å². The van der Waals surface area contributed by atoms with Crippen molar-refractivity contribution in [3.63, 3.8) is 0 Å². The van der Waals surface area contributed by atoms with Crippen molar-refractivity contribution in [1.29, 1.82) is 0 Å². The van der Waals surface area contributed by atoms with Crippen molar-refractivity contribution in [2.75, 3.05) is 0 Å². The molecule has 1 saturated carbocycles. The van der Waals surface area contributed by atoms with Gasteiger partial charge < -0.3 is 10.1 Å². The second kappa shape index (κ2) is 6.66. The van der Waals surface area contributed by atoms with Crippen LogP contribution in [0.2, 0.25) is 0 Å². The third-order valence-electron chi connectivity index (χ3n) is 3.71. The van der Waals surface area contributed by atoms with Crippen LogP contribution in [0.5, 0.6) is 5.75 Å². The van der Waals surface area contributed by atoms with E-state index < -0.39 is 6.61 Å². The molecule has 1 aromatic carbocycles. The molecule has 19 heavy (non-hydrogen) atoms. The third-order valence-corrected chi connectivity index (χ3v) is 4.20. The minimum Gasteiger partial charge on any atom is -0.434 e. The molecule has 1 fully saturated rings. The van der Waals surface area contributed by atoms with Crippen LogP contribution >= 0.6 is 15.9 Å². The first-order chi connectivity index (χ1) is 9.06. The maximum absolute atomic E-state index is 12.3. The second-order valence-corrected chi connectivity index (χ2v) is 5.91. The number of hydrogen-bond donors (Lipinski definition) is 1. The Hall–Kier alpha value is -0.680. The van der Waals surface area contributed by atoms with Crippen LogP contribution in [0.1, 0.15) is 31.7 Å². The van der Waals surface area contributed by atoms with E-state index in [-0.39, 0.29) is 5.75 Å². The standard InChI is InChI=1S/C14H18BrF2NO/c1-9(10-3-2-4-10)18-8-11-7-12(15)5-6-13(11)19-14(16)17/h5-7,9-10,14,18H,2-4,8H2,1H3. The minimum atomic E-state index is -2.79. The lowest BCUT2D eigenvalue weighted by Crippen LogP contribution is -2.36. The highest BCUT2D eigenvalue weighted by Crippen LogP contribution is 2.30. The molecule has 2 nitrogen and oxygen atoms in total. The quantitative estimate of drug-likeness (QED) is 0.836. The number of hydrogen-bond acceptors (Lipinski definition) is 2. The Morgan fingerprint density at radius 3 is 2.74 bits per heavy atom. The van der Waals surface area contributed by atoms with Gasteiger partial charge in [-0.25, -0.2) is 0 Å². The fourth-order valence-corrected chi connectivity index (χ4v) is 2.68. The molecule has 0 spiro atoms. The Balaban J connectivity index is 1.98. The average Bonchev–Trinajstić information content (AvgIpc) is 2.26. The molecule has 0 saturated heterocycles. The number of halogens is 3. The first-order valence-electron chi connectivity index (χ1n) is 6.53. The summed E-state index contributed by atoms with van der Waals surface area (Å²) in [5.41, 5.74) is 0.751. The highest BCUT2D eigenvalue weighted by molar-refractivity contribution is 9.10. The van der Waals surface area contributed by atoms with Crippen molar-refractivity contribution < 1.29 is 13.5 Å². The third kappa shape index (κ3) is 4.14. The Kier molecular flexibility index (Phi) is 5.16. The zero-order chi connectivity index (χ0) is 13.8. The van der Waals surface area contributed by atoms with Crippen LogP contribution in [0.4, 0.5) is 8.78 Å². The molecule has 1 N–H and O–H groups in total. The monoisotopic (exact) mass is 333 g/mol. The van der Waals surface area contributed by atoms with Gasteiger partial charge in [-0.1, -0.05) is 22.4 Å². The van der Waals surface area contributed by atoms with E-state index in [1.54, 1.807) is 12.1 Å². The van der Waals surface area contributed by atoms with Gasteiger partial charge in [-0.15, -0.1) is 0 Å². The minimum absolute atomic E-state index is 0.242. The van der Waals surface area contributed by atoms with Gasteiger partial charge in [-0.2, -0.15) is 8.78 Å². The SMILES string of the molecule is CC(NCc1cc(Br)ccc1OC(F)F)C1CCC1. The van der Waals surface area contributed by atoms with Crippen molar-refractivity contribution >= 4 is 15.9 Å². The summed E-state index contributed by atoms with van der Waals surface area (Å²) >= 11 is 3.35. The maximum Gasteiger partial charge on any atom is 0.387 e. The van der Waals surface area contributed by atoms with Gasteiger partial charge >= 0.3 is 6.61 Å². The van der Waals surface area contributed by atoms with E-state index >= 15 is 0 Å². The molecule has 2 rings (SSSR count). The van der Waals surface area contributed by atoms with Crippen LogP contribution in [-0.2, 0) is 6.54 Å². The highest BCUT2D eigenvalue weighted by atomic mass is 79.9. The molecule has 1 aromatic rings. The topological polar surface area (TPSA) is 21.3 Å². The van der Waals surface area contributed by atoms with Gasteiger partial charge in [-0.05, 0) is 43.9 Å². The normalized spacial score (nSPS) is 17.3. The largest absolute Gasteiger partial charge is 0.434 e. The van der Waals surface area contributed by atoms with Gasteiger partial charge in [0, 0.05) is 22.6 Å². The average molecular weight is 334 g/mol. The molecule has 0 bridgehead atoms. The predicted molar refractivity (Wildman–Crippen MR) is 74.4 cm³/mol. The summed E-state index contributed by atoms with van der Waals surface area (Å²) in [6, 6.07) is 5.50. The number of rotatable bonds is 6. The van der Waals surface area contributed by atoms with Crippen LogP contribution in [0, 0.1) is 5.92 Å². The van der Waals surface area contributed by atoms with Crippen molar-refractivity contribution in [2.24, 2.45) is 5.92 Å². The van der Waals surface area contributed by atoms with E-state index in [1.165, 1.54) is 19.3 Å². The Morgan fingerprint density at radius 2 is 2.16 bits per heavy atom. The second-order valence-electron chi connectivity index (χ2n) is 4.99. The Bertz CT molecular complexity index is 424. The fourth-order valence-electron chi connectivity index (χ4n) is 2.27. The van der Waals surface area contributed by atoms with Crippen LogP contribution in [0.3, 0.4) is 0 Å². The van der Waals surface area contributed by atoms with Gasteiger partial charge in [0.25, 0.3) is 0 Å². The van der Waals surface area contributed by atoms with Crippen LogP contribution in [0.25, 0.3) is 0 Å². The summed E-state index contributed by atoms with van der Waals surface area (Å²) in [4.78, 5) is 0. The molecular formula is C14H18BrF2NO. The molecule has 5 heteroatoms. The lowest BCUT2D eigenvalue weighted by Gasteiger charge is -2.32. The number of alkyl halides is 2. The summed E-state index contributed by atoms with van der Waals surface area (Å²) in [5.74, 6) is 0.957. The van der Waals surface area contributed by atoms with Crippen molar-refractivity contribution in [2.45, 2.75) is 45.4 Å². The smallest absolute Gasteiger partial charge is 0.387 e. The molecule has 1 unspecified atom stereocenters. The highest BCUT2D eigenvalue weighted by Gasteiger charge is 2.23. The van der Waals surface area contributed by atoms with E-state index in [1.807, 2.05) is 6.07 Å². The molecule has 0 amide bonds. The Labute approximate surface area is 120 Å². The molecule has 0 radical (unpaired) electrons. The van der Waals surface area contributed by atoms with Crippen molar-refractivity contribution in [1.82, 2.24) is 5.32 Å². The molecule has 1 aliphatic rings. The number of ether oxygens (including phenoxy) is 1. The zero-order valence-corrected chi connectivity index (χ0v) is 12.4. The first kappa shape index (κ1) is 14.7. The lowest BCUT2D eigenvalue weighted by atomic mass is 9.80. The summed E-state index contributed by atoms with van der Waals surface area (Å²) in [6.45, 7) is -0.0989. The van der Waals surface area contributed by atoms with E-state index in [0.717, 1.165) is 10.0 Å². The van der Waals surface area contributed by atoms with E-state index in [2.05, 4.69) is 32.9 Å². The van der Waals surface area contributed by atoms with Crippen LogP contribution in [-0.4, -0.2) is 12.7 Å². The van der Waals surface area contributed by atoms with Crippen molar-refractivity contribution in [3.8, 4) is 5.75 Å². The van der Waals surface area contributed by atoms with Gasteiger partial charge in [0.05, 0.1) is 0 Å². The van der Waals surface area contributed by atoms with E-state index in [4.69, 9.17) is 0 Å². The van der Waals surface area contributed by atoms with Gasteiger partial charge in [-0.3, -0.25) is 0 Å². The lowest BCUT2D eigenvalue weighted by molar-refractivity contribution is -0.0505. The molecule has 0 heterocycles. The molecule has 0 aromatic heterocycles. The van der Waals surface area contributed by atoms with Crippen molar-refractivity contribution in [3.05, 3.63) is 28.2 Å². The molecule has 1 aliphatic carbocycles. The zero-order valence-electron chi connectivity index (χ0n) is 10.8. The summed E-state index contributed by atoms with van der Waals surface area (Å²) in [6.07, 6.45) is 3.81. The maximum atomic E-state index is 12.3. The Morgan fingerprint density at radius 1 is 1.42 bits per heavy atom. The van der Waals surface area contributed by atoms with Gasteiger partial charge in [0.2, 0.25) is 0 Å². The predicted octanol–water partition coefficient (Wildman–Crippen LogP) is 4.33. The van der Waals surface area contributed by atoms with E-state index in [0.29, 0.717) is 18.5 Å². The molecule has 1 atom stereocenters.